The smallest absolute Gasteiger partial charge is 0.283 e. The van der Waals surface area contributed by atoms with E-state index < -0.39 is 38.9 Å². The highest BCUT2D eigenvalue weighted by Crippen LogP contribution is 2.32. The lowest BCUT2D eigenvalue weighted by molar-refractivity contribution is -0.151. The van der Waals surface area contributed by atoms with E-state index in [2.05, 4.69) is 15.0 Å². The Balaban J connectivity index is 1.51. The molecular weight excluding hydrogens is 490 g/mol. The second kappa shape index (κ2) is 9.70. The van der Waals surface area contributed by atoms with Gasteiger partial charge in [0.1, 0.15) is 12.2 Å². The van der Waals surface area contributed by atoms with Crippen LogP contribution >= 0.6 is 11.8 Å². The summed E-state index contributed by atoms with van der Waals surface area (Å²) in [4.78, 5) is 4.31. The van der Waals surface area contributed by atoms with Crippen LogP contribution in [0.1, 0.15) is 32.8 Å². The molecule has 1 aromatic carbocycles. The summed E-state index contributed by atoms with van der Waals surface area (Å²) in [6, 6.07) is 3.85. The molecule has 3 aliphatic rings. The van der Waals surface area contributed by atoms with Crippen LogP contribution in [0.5, 0.6) is 0 Å². The van der Waals surface area contributed by atoms with E-state index >= 15 is 0 Å². The zero-order chi connectivity index (χ0) is 24.6. The Morgan fingerprint density at radius 2 is 2.15 bits per heavy atom. The predicted octanol–water partition coefficient (Wildman–Crippen LogP) is 2.42. The van der Waals surface area contributed by atoms with Gasteiger partial charge in [0, 0.05) is 36.7 Å². The van der Waals surface area contributed by atoms with E-state index in [1.54, 1.807) is 6.08 Å². The van der Waals surface area contributed by atoms with Crippen molar-refractivity contribution < 1.29 is 31.4 Å². The molecule has 3 aliphatic heterocycles. The number of nitrogens with one attached hydrogen (secondary N) is 2. The topological polar surface area (TPSA) is 101 Å². The lowest BCUT2D eigenvalue weighted by Gasteiger charge is -2.38. The molecule has 13 heteroatoms. The minimum Gasteiger partial charge on any atom is -0.473 e. The molecule has 188 valence electrons. The van der Waals surface area contributed by atoms with E-state index in [1.807, 2.05) is 20.8 Å². The summed E-state index contributed by atoms with van der Waals surface area (Å²) in [7, 11) is -3.90. The normalized spacial score (nSPS) is 27.6. The first kappa shape index (κ1) is 25.3. The first-order valence-electron chi connectivity index (χ1n) is 10.9. The molecule has 3 atom stereocenters. The summed E-state index contributed by atoms with van der Waals surface area (Å²) in [5, 5.41) is 1.34. The molecule has 3 heterocycles. The average molecular weight is 519 g/mol. The summed E-state index contributed by atoms with van der Waals surface area (Å²) >= 11 is 0.953. The molecule has 1 aromatic rings. The number of hydrogen-bond donors (Lipinski definition) is 2. The van der Waals surface area contributed by atoms with Gasteiger partial charge in [-0.25, -0.2) is 13.8 Å². The largest absolute Gasteiger partial charge is 0.473 e. The summed E-state index contributed by atoms with van der Waals surface area (Å²) in [6.07, 6.45) is 2.96. The fraction of sp³-hybridized carbons (Fsp3) is 0.571. The van der Waals surface area contributed by atoms with Crippen molar-refractivity contribution in [3.05, 3.63) is 47.4 Å². The summed E-state index contributed by atoms with van der Waals surface area (Å²) in [6.45, 7) is 6.55. The number of ether oxygens (including phenoxy) is 3. The zero-order valence-electron chi connectivity index (χ0n) is 19.1. The second-order valence-electron chi connectivity index (χ2n) is 8.63. The summed E-state index contributed by atoms with van der Waals surface area (Å²) < 4.78 is 74.9. The van der Waals surface area contributed by atoms with Crippen molar-refractivity contribution in [2.45, 2.75) is 56.1 Å². The Labute approximate surface area is 202 Å². The third-order valence-corrected chi connectivity index (χ3v) is 8.44. The van der Waals surface area contributed by atoms with Crippen molar-refractivity contribution in [3.63, 3.8) is 0 Å². The van der Waals surface area contributed by atoms with Crippen molar-refractivity contribution in [1.29, 1.82) is 0 Å². The fourth-order valence-corrected chi connectivity index (χ4v) is 6.27. The number of aliphatic imine (C=N–C) groups is 1. The van der Waals surface area contributed by atoms with Crippen LogP contribution < -0.4 is 10.0 Å². The molecule has 2 fully saturated rings. The van der Waals surface area contributed by atoms with Crippen LogP contribution in [0.4, 0.5) is 8.78 Å². The van der Waals surface area contributed by atoms with Gasteiger partial charge >= 0.3 is 0 Å². The van der Waals surface area contributed by atoms with Crippen molar-refractivity contribution in [2.24, 2.45) is 4.99 Å². The molecular formula is C21H28F2N4O5S2. The van der Waals surface area contributed by atoms with Crippen molar-refractivity contribution in [2.75, 3.05) is 19.7 Å². The molecule has 0 spiro atoms. The molecule has 0 aromatic heterocycles. The van der Waals surface area contributed by atoms with Crippen LogP contribution in [-0.4, -0.2) is 61.7 Å². The number of benzene rings is 1. The number of allylic oxidation sites excluding steroid dienone is 1. The van der Waals surface area contributed by atoms with Gasteiger partial charge in [-0.2, -0.15) is 12.7 Å². The average Bonchev–Trinajstić information content (AvgIpc) is 3.07. The third kappa shape index (κ3) is 5.71. The van der Waals surface area contributed by atoms with Gasteiger partial charge < -0.3 is 19.5 Å². The van der Waals surface area contributed by atoms with E-state index in [-0.39, 0.29) is 23.3 Å². The van der Waals surface area contributed by atoms with Crippen LogP contribution in [0.3, 0.4) is 0 Å². The van der Waals surface area contributed by atoms with Gasteiger partial charge in [-0.1, -0.05) is 23.9 Å². The van der Waals surface area contributed by atoms with Gasteiger partial charge in [0.15, 0.2) is 23.3 Å². The first-order valence-corrected chi connectivity index (χ1v) is 13.3. The van der Waals surface area contributed by atoms with Crippen molar-refractivity contribution in [3.8, 4) is 0 Å². The zero-order valence-corrected chi connectivity index (χ0v) is 20.7. The van der Waals surface area contributed by atoms with Crippen molar-refractivity contribution in [1.82, 2.24) is 14.3 Å². The van der Waals surface area contributed by atoms with E-state index in [9.17, 15) is 17.2 Å². The minimum absolute atomic E-state index is 0.0624. The van der Waals surface area contributed by atoms with Crippen LogP contribution in [0.15, 0.2) is 35.2 Å². The maximum absolute atomic E-state index is 14.2. The molecule has 34 heavy (non-hydrogen) atoms. The monoisotopic (exact) mass is 518 g/mol. The number of hydrogen-bond acceptors (Lipinski definition) is 8. The van der Waals surface area contributed by atoms with E-state index in [4.69, 9.17) is 14.2 Å². The highest BCUT2D eigenvalue weighted by atomic mass is 32.2. The highest BCUT2D eigenvalue weighted by molar-refractivity contribution is 8.00. The van der Waals surface area contributed by atoms with Crippen LogP contribution in [0, 0.1) is 11.6 Å². The second-order valence-corrected chi connectivity index (χ2v) is 11.5. The predicted molar refractivity (Wildman–Crippen MR) is 124 cm³/mol. The Morgan fingerprint density at radius 1 is 1.38 bits per heavy atom. The quantitative estimate of drug-likeness (QED) is 0.484. The minimum atomic E-state index is -3.90. The fourth-order valence-electron chi connectivity index (χ4n) is 3.51. The van der Waals surface area contributed by atoms with E-state index in [1.165, 1.54) is 22.7 Å². The van der Waals surface area contributed by atoms with Crippen LogP contribution in [-0.2, 0) is 30.2 Å². The van der Waals surface area contributed by atoms with Gasteiger partial charge in [0.2, 0.25) is 0 Å². The van der Waals surface area contributed by atoms with Gasteiger partial charge in [-0.3, -0.25) is 0 Å². The van der Waals surface area contributed by atoms with Gasteiger partial charge in [-0.05, 0) is 33.3 Å². The molecule has 0 aliphatic carbocycles. The molecule has 9 nitrogen and oxygen atoms in total. The Morgan fingerprint density at radius 3 is 2.79 bits per heavy atom. The Hall–Kier alpha value is -1.77. The molecule has 2 N–H and O–H groups in total. The Bertz CT molecular complexity index is 1080. The maximum Gasteiger partial charge on any atom is 0.283 e. The van der Waals surface area contributed by atoms with Crippen molar-refractivity contribution >= 4 is 28.2 Å². The molecule has 1 unspecified atom stereocenters. The Kier molecular flexibility index (Phi) is 7.23. The SMILES string of the molecule is C[C@@H](OC1=CC=NC(NS(=O)(=O)N2CCC2)(SCc2cccc(F)c2F)N1)[C@@H]1COC(C)(C)O1. The summed E-state index contributed by atoms with van der Waals surface area (Å²) in [5.41, 5.74) is 0.0775. The standard InChI is InChI=1S/C21H28F2N4O5S2/c1-14(17-12-30-20(2,3)32-17)31-18-8-9-24-21(25-18,26-34(28,29)27-10-5-11-27)33-13-15-6-4-7-16(22)19(15)23/h4,6-9,14,17,25-26H,5,10-13H2,1-3H3/t14-,17+,21?/m1/s1. The third-order valence-electron chi connectivity index (χ3n) is 5.53. The summed E-state index contributed by atoms with van der Waals surface area (Å²) in [5.74, 6) is -2.51. The van der Waals surface area contributed by atoms with Gasteiger partial charge in [0.25, 0.3) is 15.3 Å². The molecule has 0 bridgehead atoms. The number of halogens is 2. The maximum atomic E-state index is 14.2. The highest BCUT2D eigenvalue weighted by Gasteiger charge is 2.42. The molecule has 4 rings (SSSR count). The number of thioether (sulfide) groups is 1. The van der Waals surface area contributed by atoms with Crippen LogP contribution in [0.2, 0.25) is 0 Å². The lowest BCUT2D eigenvalue weighted by atomic mass is 10.2. The number of nitrogens with zero attached hydrogens (tertiary/aromatic N) is 2. The van der Waals surface area contributed by atoms with E-state index in [0.717, 1.165) is 24.2 Å². The molecule has 0 saturated carbocycles. The van der Waals surface area contributed by atoms with Gasteiger partial charge in [-0.15, -0.1) is 4.72 Å². The molecule has 0 radical (unpaired) electrons. The van der Waals surface area contributed by atoms with E-state index in [0.29, 0.717) is 19.7 Å². The van der Waals surface area contributed by atoms with Crippen LogP contribution in [0.25, 0.3) is 0 Å². The lowest BCUT2D eigenvalue weighted by Crippen LogP contribution is -2.61. The first-order chi connectivity index (χ1) is 16.0. The van der Waals surface area contributed by atoms with Gasteiger partial charge in [0.05, 0.1) is 6.61 Å². The molecule has 2 saturated heterocycles. The molecule has 0 amide bonds. The number of rotatable bonds is 9.